The highest BCUT2D eigenvalue weighted by atomic mass is 79.9. The Labute approximate surface area is 67.4 Å². The summed E-state index contributed by atoms with van der Waals surface area (Å²) in [4.78, 5) is 10.2. The summed E-state index contributed by atoms with van der Waals surface area (Å²) in [7, 11) is 0. The van der Waals surface area contributed by atoms with Crippen molar-refractivity contribution >= 4 is 22.2 Å². The number of carbonyl (C=O) groups is 1. The molecule has 0 amide bonds. The van der Waals surface area contributed by atoms with Crippen molar-refractivity contribution in [3.8, 4) is 0 Å². The molecule has 3 heteroatoms. The maximum absolute atomic E-state index is 10.2. The Balaban J connectivity index is 2.84. The molecule has 0 spiro atoms. The van der Waals surface area contributed by atoms with E-state index in [1.54, 1.807) is 12.2 Å². The second kappa shape index (κ2) is 2.68. The molecule has 1 aliphatic carbocycles. The van der Waals surface area contributed by atoms with Crippen molar-refractivity contribution in [2.75, 3.05) is 0 Å². The summed E-state index contributed by atoms with van der Waals surface area (Å²) in [5.41, 5.74) is 0.505. The smallest absolute Gasteiger partial charge is 0.149 e. The van der Waals surface area contributed by atoms with Crippen LogP contribution in [0.1, 0.15) is 6.42 Å². The summed E-state index contributed by atoms with van der Waals surface area (Å²) in [6.07, 6.45) is 6.13. The molecular formula is C7H7BrO2. The van der Waals surface area contributed by atoms with Crippen molar-refractivity contribution in [2.24, 2.45) is 0 Å². The predicted octanol–water partition coefficient (Wildman–Crippen LogP) is 1.16. The molecule has 1 atom stereocenters. The minimum absolute atomic E-state index is 0.504. The first kappa shape index (κ1) is 7.69. The van der Waals surface area contributed by atoms with Crippen LogP contribution < -0.4 is 0 Å². The van der Waals surface area contributed by atoms with Gasteiger partial charge in [-0.3, -0.25) is 4.79 Å². The molecule has 0 saturated carbocycles. The Kier molecular flexibility index (Phi) is 2.06. The molecule has 0 aromatic heterocycles. The van der Waals surface area contributed by atoms with E-state index in [-0.39, 0.29) is 0 Å². The maximum atomic E-state index is 10.2. The van der Waals surface area contributed by atoms with Crippen LogP contribution >= 0.6 is 15.9 Å². The van der Waals surface area contributed by atoms with Crippen molar-refractivity contribution in [2.45, 2.75) is 10.9 Å². The zero-order valence-electron chi connectivity index (χ0n) is 5.25. The number of hydrogen-bond donors (Lipinski definition) is 1. The molecule has 0 bridgehead atoms. The van der Waals surface area contributed by atoms with Crippen LogP contribution in [0, 0.1) is 0 Å². The number of aliphatic hydroxyl groups is 1. The van der Waals surface area contributed by atoms with Gasteiger partial charge in [-0.15, -0.1) is 0 Å². The average molecular weight is 203 g/mol. The zero-order valence-corrected chi connectivity index (χ0v) is 6.84. The predicted molar refractivity (Wildman–Crippen MR) is 41.8 cm³/mol. The zero-order chi connectivity index (χ0) is 7.61. The quantitative estimate of drug-likeness (QED) is 0.512. The van der Waals surface area contributed by atoms with Crippen LogP contribution in [-0.2, 0) is 4.79 Å². The Morgan fingerprint density at radius 1 is 1.80 bits per heavy atom. The summed E-state index contributed by atoms with van der Waals surface area (Å²) in [5, 5.41) is 9.31. The van der Waals surface area contributed by atoms with Crippen LogP contribution in [-0.4, -0.2) is 15.9 Å². The lowest BCUT2D eigenvalue weighted by Gasteiger charge is -2.17. The van der Waals surface area contributed by atoms with Gasteiger partial charge in [0, 0.05) is 12.0 Å². The molecule has 10 heavy (non-hydrogen) atoms. The van der Waals surface area contributed by atoms with E-state index in [1.165, 1.54) is 6.08 Å². The fourth-order valence-corrected chi connectivity index (χ4v) is 1.25. The second-order valence-corrected chi connectivity index (χ2v) is 3.56. The van der Waals surface area contributed by atoms with Crippen molar-refractivity contribution < 1.29 is 9.90 Å². The lowest BCUT2D eigenvalue weighted by Crippen LogP contribution is -2.18. The highest BCUT2D eigenvalue weighted by molar-refractivity contribution is 9.10. The van der Waals surface area contributed by atoms with Crippen LogP contribution in [0.25, 0.3) is 0 Å². The van der Waals surface area contributed by atoms with Gasteiger partial charge in [-0.05, 0) is 22.0 Å². The number of alkyl halides is 1. The summed E-state index contributed by atoms with van der Waals surface area (Å²) in [5.74, 6) is 0. The SMILES string of the molecule is O=CC1=CC(O)(Br)CC=C1. The van der Waals surface area contributed by atoms with E-state index in [1.807, 2.05) is 0 Å². The van der Waals surface area contributed by atoms with Crippen molar-refractivity contribution in [1.82, 2.24) is 0 Å². The Bertz CT molecular complexity index is 204. The topological polar surface area (TPSA) is 37.3 Å². The number of aldehydes is 1. The fraction of sp³-hybridized carbons (Fsp3) is 0.286. The van der Waals surface area contributed by atoms with Crippen molar-refractivity contribution in [3.63, 3.8) is 0 Å². The highest BCUT2D eigenvalue weighted by Gasteiger charge is 2.20. The monoisotopic (exact) mass is 202 g/mol. The molecule has 0 heterocycles. The molecule has 1 N–H and O–H groups in total. The number of rotatable bonds is 1. The fourth-order valence-electron chi connectivity index (χ4n) is 0.796. The van der Waals surface area contributed by atoms with Crippen LogP contribution in [0.3, 0.4) is 0 Å². The van der Waals surface area contributed by atoms with E-state index in [9.17, 15) is 9.90 Å². The van der Waals surface area contributed by atoms with Gasteiger partial charge < -0.3 is 5.11 Å². The summed E-state index contributed by atoms with van der Waals surface area (Å²) >= 11 is 3.04. The minimum atomic E-state index is -1.02. The molecule has 0 aromatic carbocycles. The lowest BCUT2D eigenvalue weighted by atomic mass is 10.1. The first-order valence-electron chi connectivity index (χ1n) is 2.90. The second-order valence-electron chi connectivity index (χ2n) is 2.19. The number of allylic oxidation sites excluding steroid dienone is 2. The van der Waals surface area contributed by atoms with Gasteiger partial charge in [0.15, 0.2) is 0 Å². The molecule has 2 nitrogen and oxygen atoms in total. The van der Waals surface area contributed by atoms with E-state index in [2.05, 4.69) is 15.9 Å². The van der Waals surface area contributed by atoms with Crippen LogP contribution in [0.15, 0.2) is 23.8 Å². The minimum Gasteiger partial charge on any atom is -0.375 e. The van der Waals surface area contributed by atoms with Crippen LogP contribution in [0.5, 0.6) is 0 Å². The van der Waals surface area contributed by atoms with E-state index in [4.69, 9.17) is 0 Å². The number of hydrogen-bond acceptors (Lipinski definition) is 2. The van der Waals surface area contributed by atoms with Gasteiger partial charge in [0.05, 0.1) is 0 Å². The molecule has 0 aromatic rings. The van der Waals surface area contributed by atoms with Gasteiger partial charge in [-0.25, -0.2) is 0 Å². The van der Waals surface area contributed by atoms with Gasteiger partial charge in [-0.2, -0.15) is 0 Å². The third kappa shape index (κ3) is 1.78. The average Bonchev–Trinajstić information content (AvgIpc) is 1.86. The van der Waals surface area contributed by atoms with Crippen molar-refractivity contribution in [1.29, 1.82) is 0 Å². The third-order valence-corrected chi connectivity index (χ3v) is 1.79. The molecule has 1 aliphatic rings. The van der Waals surface area contributed by atoms with Gasteiger partial charge in [0.1, 0.15) is 10.8 Å². The van der Waals surface area contributed by atoms with Gasteiger partial charge in [-0.1, -0.05) is 12.2 Å². The molecule has 0 saturated heterocycles. The van der Waals surface area contributed by atoms with E-state index in [0.29, 0.717) is 18.3 Å². The normalized spacial score (nSPS) is 31.6. The molecule has 0 fully saturated rings. The van der Waals surface area contributed by atoms with Gasteiger partial charge in [0.2, 0.25) is 0 Å². The lowest BCUT2D eigenvalue weighted by molar-refractivity contribution is -0.104. The first-order valence-corrected chi connectivity index (χ1v) is 3.69. The Hall–Kier alpha value is -0.410. The number of halogens is 1. The first-order chi connectivity index (χ1) is 4.64. The summed E-state index contributed by atoms with van der Waals surface area (Å²) in [6, 6.07) is 0. The number of carbonyl (C=O) groups excluding carboxylic acids is 1. The van der Waals surface area contributed by atoms with Gasteiger partial charge >= 0.3 is 0 Å². The van der Waals surface area contributed by atoms with E-state index >= 15 is 0 Å². The Morgan fingerprint density at radius 3 is 2.90 bits per heavy atom. The summed E-state index contributed by atoms with van der Waals surface area (Å²) < 4.78 is -1.02. The van der Waals surface area contributed by atoms with E-state index in [0.717, 1.165) is 0 Å². The summed E-state index contributed by atoms with van der Waals surface area (Å²) in [6.45, 7) is 0. The standard InChI is InChI=1S/C7H7BrO2/c8-7(10)3-1-2-6(4-7)5-9/h1-2,4-5,10H,3H2. The van der Waals surface area contributed by atoms with Crippen LogP contribution in [0.4, 0.5) is 0 Å². The Morgan fingerprint density at radius 2 is 2.50 bits per heavy atom. The van der Waals surface area contributed by atoms with Crippen molar-refractivity contribution in [3.05, 3.63) is 23.8 Å². The molecule has 0 radical (unpaired) electrons. The highest BCUT2D eigenvalue weighted by Crippen LogP contribution is 2.26. The molecule has 1 unspecified atom stereocenters. The largest absolute Gasteiger partial charge is 0.375 e. The molecule has 1 rings (SSSR count). The molecular weight excluding hydrogens is 196 g/mol. The molecule has 0 aliphatic heterocycles. The maximum Gasteiger partial charge on any atom is 0.149 e. The molecule has 54 valence electrons. The third-order valence-electron chi connectivity index (χ3n) is 1.24. The van der Waals surface area contributed by atoms with E-state index < -0.39 is 4.51 Å². The van der Waals surface area contributed by atoms with Crippen LogP contribution in [0.2, 0.25) is 0 Å². The van der Waals surface area contributed by atoms with Gasteiger partial charge in [0.25, 0.3) is 0 Å².